The summed E-state index contributed by atoms with van der Waals surface area (Å²) in [6.45, 7) is 4.52. The van der Waals surface area contributed by atoms with Crippen molar-refractivity contribution in [3.63, 3.8) is 0 Å². The average Bonchev–Trinajstić information content (AvgIpc) is 2.67. The highest BCUT2D eigenvalue weighted by Crippen LogP contribution is 2.34. The van der Waals surface area contributed by atoms with E-state index in [0.717, 1.165) is 12.0 Å². The van der Waals surface area contributed by atoms with Crippen LogP contribution in [0, 0.1) is 18.7 Å². The van der Waals surface area contributed by atoms with Crippen LogP contribution < -0.4 is 0 Å². The molecule has 0 bridgehead atoms. The van der Waals surface area contributed by atoms with Crippen molar-refractivity contribution in [2.24, 2.45) is 5.92 Å². The van der Waals surface area contributed by atoms with Gasteiger partial charge >= 0.3 is 0 Å². The highest BCUT2D eigenvalue weighted by atomic mass is 19.1. The molecule has 3 unspecified atom stereocenters. The number of benzene rings is 1. The number of rotatable bonds is 2. The highest BCUT2D eigenvalue weighted by Gasteiger charge is 2.32. The number of hydrogen-bond donors (Lipinski definition) is 1. The summed E-state index contributed by atoms with van der Waals surface area (Å²) < 4.78 is 18.6. The van der Waals surface area contributed by atoms with Crippen molar-refractivity contribution in [1.82, 2.24) is 0 Å². The third kappa shape index (κ3) is 2.11. The Balaban J connectivity index is 2.25. The quantitative estimate of drug-likeness (QED) is 0.836. The molecule has 3 atom stereocenters. The lowest BCUT2D eigenvalue weighted by molar-refractivity contribution is 0.0427. The third-order valence-corrected chi connectivity index (χ3v) is 3.40. The van der Waals surface area contributed by atoms with Gasteiger partial charge in [0.2, 0.25) is 0 Å². The van der Waals surface area contributed by atoms with E-state index in [0.29, 0.717) is 12.2 Å². The molecule has 0 saturated carbocycles. The number of aliphatic hydroxyl groups is 1. The lowest BCUT2D eigenvalue weighted by Gasteiger charge is -2.22. The summed E-state index contributed by atoms with van der Waals surface area (Å²) in [6.07, 6.45) is 0.240. The second kappa shape index (κ2) is 4.52. The highest BCUT2D eigenvalue weighted by molar-refractivity contribution is 5.29. The molecule has 0 spiro atoms. The molecular weight excluding hydrogens is 207 g/mol. The van der Waals surface area contributed by atoms with Gasteiger partial charge in [0.15, 0.2) is 0 Å². The fraction of sp³-hybridized carbons (Fsp3) is 0.538. The van der Waals surface area contributed by atoms with Gasteiger partial charge in [-0.25, -0.2) is 4.39 Å². The molecule has 16 heavy (non-hydrogen) atoms. The van der Waals surface area contributed by atoms with Gasteiger partial charge in [-0.15, -0.1) is 0 Å². The summed E-state index contributed by atoms with van der Waals surface area (Å²) in [7, 11) is 0. The number of aryl methyl sites for hydroxylation is 1. The van der Waals surface area contributed by atoms with E-state index in [2.05, 4.69) is 0 Å². The lowest BCUT2D eigenvalue weighted by Crippen LogP contribution is -2.20. The maximum absolute atomic E-state index is 13.1. The molecule has 3 heteroatoms. The Labute approximate surface area is 95.1 Å². The van der Waals surface area contributed by atoms with Crippen molar-refractivity contribution in [3.05, 3.63) is 35.1 Å². The van der Waals surface area contributed by atoms with Crippen LogP contribution in [0.2, 0.25) is 0 Å². The monoisotopic (exact) mass is 224 g/mol. The Morgan fingerprint density at radius 3 is 2.88 bits per heavy atom. The zero-order valence-electron chi connectivity index (χ0n) is 9.61. The van der Waals surface area contributed by atoms with Gasteiger partial charge in [0, 0.05) is 12.5 Å². The molecule has 2 nitrogen and oxygen atoms in total. The minimum atomic E-state index is -0.631. The van der Waals surface area contributed by atoms with Crippen LogP contribution in [0.4, 0.5) is 4.39 Å². The maximum Gasteiger partial charge on any atom is 0.123 e. The predicted octanol–water partition coefficient (Wildman–Crippen LogP) is 2.59. The fourth-order valence-electron chi connectivity index (χ4n) is 2.32. The first-order valence-corrected chi connectivity index (χ1v) is 5.65. The molecule has 2 rings (SSSR count). The van der Waals surface area contributed by atoms with E-state index < -0.39 is 6.10 Å². The Morgan fingerprint density at radius 1 is 1.50 bits per heavy atom. The first-order chi connectivity index (χ1) is 7.59. The average molecular weight is 224 g/mol. The van der Waals surface area contributed by atoms with Crippen LogP contribution in [-0.4, -0.2) is 17.8 Å². The lowest BCUT2D eigenvalue weighted by atomic mass is 9.89. The summed E-state index contributed by atoms with van der Waals surface area (Å²) >= 11 is 0. The van der Waals surface area contributed by atoms with Crippen LogP contribution in [0.1, 0.15) is 30.6 Å². The Morgan fingerprint density at radius 2 is 2.25 bits per heavy atom. The molecule has 0 amide bonds. The molecule has 1 aromatic carbocycles. The number of hydrogen-bond acceptors (Lipinski definition) is 2. The molecule has 1 N–H and O–H groups in total. The standard InChI is InChI=1S/C13H17FO2/c1-8-3-4-10(14)7-12(8)13(15)11-5-6-16-9(11)2/h3-4,7,9,11,13,15H,5-6H2,1-2H3. The largest absolute Gasteiger partial charge is 0.388 e. The van der Waals surface area contributed by atoms with E-state index in [1.165, 1.54) is 12.1 Å². The summed E-state index contributed by atoms with van der Waals surface area (Å²) in [6, 6.07) is 4.54. The van der Waals surface area contributed by atoms with E-state index in [4.69, 9.17) is 4.74 Å². The Hall–Kier alpha value is -0.930. The zero-order chi connectivity index (χ0) is 11.7. The molecule has 1 fully saturated rings. The van der Waals surface area contributed by atoms with Crippen molar-refractivity contribution in [2.45, 2.75) is 32.5 Å². The van der Waals surface area contributed by atoms with Crippen LogP contribution in [0.5, 0.6) is 0 Å². The van der Waals surface area contributed by atoms with Crippen LogP contribution in [0.15, 0.2) is 18.2 Å². The van der Waals surface area contributed by atoms with Gasteiger partial charge in [-0.3, -0.25) is 0 Å². The molecule has 1 aliphatic rings. The van der Waals surface area contributed by atoms with E-state index >= 15 is 0 Å². The minimum absolute atomic E-state index is 0.0395. The van der Waals surface area contributed by atoms with Gasteiger partial charge in [-0.05, 0) is 43.5 Å². The van der Waals surface area contributed by atoms with Crippen molar-refractivity contribution in [1.29, 1.82) is 0 Å². The van der Waals surface area contributed by atoms with Crippen LogP contribution in [-0.2, 0) is 4.74 Å². The van der Waals surface area contributed by atoms with Gasteiger partial charge in [-0.2, -0.15) is 0 Å². The molecule has 0 aliphatic carbocycles. The van der Waals surface area contributed by atoms with Gasteiger partial charge in [0.1, 0.15) is 5.82 Å². The summed E-state index contributed by atoms with van der Waals surface area (Å²) in [4.78, 5) is 0. The maximum atomic E-state index is 13.1. The number of aliphatic hydroxyl groups excluding tert-OH is 1. The van der Waals surface area contributed by atoms with Crippen molar-refractivity contribution in [3.8, 4) is 0 Å². The second-order valence-corrected chi connectivity index (χ2v) is 4.47. The normalized spacial score (nSPS) is 27.0. The zero-order valence-corrected chi connectivity index (χ0v) is 9.61. The van der Waals surface area contributed by atoms with Crippen LogP contribution >= 0.6 is 0 Å². The van der Waals surface area contributed by atoms with Gasteiger partial charge in [0.05, 0.1) is 12.2 Å². The minimum Gasteiger partial charge on any atom is -0.388 e. The topological polar surface area (TPSA) is 29.5 Å². The SMILES string of the molecule is Cc1ccc(F)cc1C(O)C1CCOC1C. The number of ether oxygens (including phenoxy) is 1. The molecule has 1 aliphatic heterocycles. The van der Waals surface area contributed by atoms with Crippen molar-refractivity contribution < 1.29 is 14.2 Å². The molecule has 1 aromatic rings. The molecule has 88 valence electrons. The van der Waals surface area contributed by atoms with Crippen molar-refractivity contribution >= 4 is 0 Å². The second-order valence-electron chi connectivity index (χ2n) is 4.47. The van der Waals surface area contributed by atoms with Gasteiger partial charge < -0.3 is 9.84 Å². The van der Waals surface area contributed by atoms with E-state index in [1.807, 2.05) is 13.8 Å². The summed E-state index contributed by atoms with van der Waals surface area (Å²) in [5.41, 5.74) is 1.61. The Bertz CT molecular complexity index is 378. The predicted molar refractivity (Wildman–Crippen MR) is 59.6 cm³/mol. The van der Waals surface area contributed by atoms with Crippen LogP contribution in [0.3, 0.4) is 0 Å². The smallest absolute Gasteiger partial charge is 0.123 e. The Kier molecular flexibility index (Phi) is 3.26. The van der Waals surface area contributed by atoms with Gasteiger partial charge in [0.25, 0.3) is 0 Å². The molecule has 0 radical (unpaired) electrons. The molecular formula is C13H17FO2. The van der Waals surface area contributed by atoms with E-state index in [9.17, 15) is 9.50 Å². The van der Waals surface area contributed by atoms with E-state index in [1.54, 1.807) is 6.07 Å². The summed E-state index contributed by atoms with van der Waals surface area (Å²) in [5.74, 6) is -0.230. The first-order valence-electron chi connectivity index (χ1n) is 5.65. The molecule has 0 aromatic heterocycles. The molecule has 1 saturated heterocycles. The molecule has 1 heterocycles. The fourth-order valence-corrected chi connectivity index (χ4v) is 2.32. The van der Waals surface area contributed by atoms with E-state index in [-0.39, 0.29) is 17.8 Å². The first kappa shape index (κ1) is 11.6. The number of halogens is 1. The van der Waals surface area contributed by atoms with Crippen molar-refractivity contribution in [2.75, 3.05) is 6.61 Å². The van der Waals surface area contributed by atoms with Crippen LogP contribution in [0.25, 0.3) is 0 Å². The van der Waals surface area contributed by atoms with Gasteiger partial charge in [-0.1, -0.05) is 6.07 Å². The third-order valence-electron chi connectivity index (χ3n) is 3.40. The summed E-state index contributed by atoms with van der Waals surface area (Å²) in [5, 5.41) is 10.2.